The van der Waals surface area contributed by atoms with Gasteiger partial charge in [0.05, 0.1) is 12.8 Å². The topological polar surface area (TPSA) is 67.8 Å². The van der Waals surface area contributed by atoms with E-state index in [0.29, 0.717) is 5.56 Å². The Morgan fingerprint density at radius 2 is 2.05 bits per heavy atom. The molecule has 5 nitrogen and oxygen atoms in total. The molecule has 0 aromatic heterocycles. The van der Waals surface area contributed by atoms with E-state index in [-0.39, 0.29) is 17.2 Å². The monoisotopic (exact) mass is 265 g/mol. The summed E-state index contributed by atoms with van der Waals surface area (Å²) in [7, 11) is 1.43. The SMILES string of the molecule is C=Cc1cc(NC(=O)OC(C)(C)C)c(O)c(OC)c1. The molecule has 0 aliphatic rings. The summed E-state index contributed by atoms with van der Waals surface area (Å²) in [6, 6.07) is 3.19. The number of ether oxygens (including phenoxy) is 2. The molecule has 0 heterocycles. The summed E-state index contributed by atoms with van der Waals surface area (Å²) in [6.07, 6.45) is 0.938. The first-order chi connectivity index (χ1) is 8.76. The second-order valence-corrected chi connectivity index (χ2v) is 4.95. The van der Waals surface area contributed by atoms with Gasteiger partial charge in [-0.3, -0.25) is 5.32 Å². The lowest BCUT2D eigenvalue weighted by atomic mass is 10.1. The number of carbonyl (C=O) groups excluding carboxylic acids is 1. The summed E-state index contributed by atoms with van der Waals surface area (Å²) in [5.41, 5.74) is 0.309. The molecule has 1 aromatic carbocycles. The third-order valence-corrected chi connectivity index (χ3v) is 2.19. The van der Waals surface area contributed by atoms with Crippen LogP contribution in [0.4, 0.5) is 10.5 Å². The molecule has 0 aliphatic carbocycles. The van der Waals surface area contributed by atoms with Gasteiger partial charge in [-0.15, -0.1) is 0 Å². The summed E-state index contributed by atoms with van der Waals surface area (Å²) in [4.78, 5) is 11.7. The van der Waals surface area contributed by atoms with Crippen LogP contribution in [0.2, 0.25) is 0 Å². The first kappa shape index (κ1) is 14.9. The van der Waals surface area contributed by atoms with E-state index in [1.165, 1.54) is 7.11 Å². The van der Waals surface area contributed by atoms with Gasteiger partial charge in [0.2, 0.25) is 0 Å². The largest absolute Gasteiger partial charge is 0.503 e. The fourth-order valence-corrected chi connectivity index (χ4v) is 1.41. The number of carbonyl (C=O) groups is 1. The molecule has 19 heavy (non-hydrogen) atoms. The number of nitrogens with one attached hydrogen (secondary N) is 1. The highest BCUT2D eigenvalue weighted by Crippen LogP contribution is 2.36. The van der Waals surface area contributed by atoms with Crippen molar-refractivity contribution in [2.75, 3.05) is 12.4 Å². The molecule has 5 heteroatoms. The van der Waals surface area contributed by atoms with Crippen molar-refractivity contribution in [2.24, 2.45) is 0 Å². The van der Waals surface area contributed by atoms with E-state index in [1.54, 1.807) is 39.0 Å². The van der Waals surface area contributed by atoms with E-state index in [1.807, 2.05) is 0 Å². The van der Waals surface area contributed by atoms with E-state index >= 15 is 0 Å². The quantitative estimate of drug-likeness (QED) is 0.822. The Morgan fingerprint density at radius 1 is 1.42 bits per heavy atom. The van der Waals surface area contributed by atoms with Crippen LogP contribution in [0.5, 0.6) is 11.5 Å². The third kappa shape index (κ3) is 4.21. The summed E-state index contributed by atoms with van der Waals surface area (Å²) < 4.78 is 10.1. The average molecular weight is 265 g/mol. The van der Waals surface area contributed by atoms with Crippen molar-refractivity contribution in [3.8, 4) is 11.5 Å². The van der Waals surface area contributed by atoms with Gasteiger partial charge < -0.3 is 14.6 Å². The summed E-state index contributed by atoms with van der Waals surface area (Å²) in [5, 5.41) is 12.4. The van der Waals surface area contributed by atoms with E-state index in [0.717, 1.165) is 0 Å². The third-order valence-electron chi connectivity index (χ3n) is 2.19. The van der Waals surface area contributed by atoms with Crippen molar-refractivity contribution in [2.45, 2.75) is 26.4 Å². The molecule has 0 fully saturated rings. The summed E-state index contributed by atoms with van der Waals surface area (Å²) >= 11 is 0. The van der Waals surface area contributed by atoms with Crippen molar-refractivity contribution in [3.63, 3.8) is 0 Å². The van der Waals surface area contributed by atoms with Crippen molar-refractivity contribution in [1.82, 2.24) is 0 Å². The minimum absolute atomic E-state index is 0.154. The van der Waals surface area contributed by atoms with Gasteiger partial charge in [0.1, 0.15) is 5.60 Å². The molecule has 0 atom stereocenters. The fourth-order valence-electron chi connectivity index (χ4n) is 1.41. The molecule has 1 aromatic rings. The molecule has 0 radical (unpaired) electrons. The van der Waals surface area contributed by atoms with Gasteiger partial charge in [0, 0.05) is 0 Å². The van der Waals surface area contributed by atoms with Gasteiger partial charge in [-0.1, -0.05) is 12.7 Å². The number of phenols is 1. The highest BCUT2D eigenvalue weighted by atomic mass is 16.6. The Morgan fingerprint density at radius 3 is 2.53 bits per heavy atom. The molecule has 104 valence electrons. The summed E-state index contributed by atoms with van der Waals surface area (Å²) in [5.74, 6) is 0.0995. The molecular weight excluding hydrogens is 246 g/mol. The highest BCUT2D eigenvalue weighted by molar-refractivity contribution is 5.88. The number of hydrogen-bond acceptors (Lipinski definition) is 4. The van der Waals surface area contributed by atoms with Gasteiger partial charge in [-0.05, 0) is 38.5 Å². The van der Waals surface area contributed by atoms with Crippen LogP contribution in [0.25, 0.3) is 6.08 Å². The average Bonchev–Trinajstić information content (AvgIpc) is 2.29. The predicted molar refractivity (Wildman–Crippen MR) is 74.6 cm³/mol. The molecular formula is C14H19NO4. The van der Waals surface area contributed by atoms with Crippen molar-refractivity contribution < 1.29 is 19.4 Å². The fraction of sp³-hybridized carbons (Fsp3) is 0.357. The molecule has 0 saturated carbocycles. The number of hydrogen-bond donors (Lipinski definition) is 2. The molecule has 0 saturated heterocycles. The number of methoxy groups -OCH3 is 1. The van der Waals surface area contributed by atoms with Gasteiger partial charge in [-0.25, -0.2) is 4.79 Å². The van der Waals surface area contributed by atoms with Crippen LogP contribution in [-0.4, -0.2) is 23.9 Å². The van der Waals surface area contributed by atoms with Crippen LogP contribution in [0.15, 0.2) is 18.7 Å². The van der Waals surface area contributed by atoms with Crippen LogP contribution >= 0.6 is 0 Å². The first-order valence-corrected chi connectivity index (χ1v) is 5.80. The molecule has 0 spiro atoms. The second-order valence-electron chi connectivity index (χ2n) is 4.95. The van der Waals surface area contributed by atoms with Crippen molar-refractivity contribution >= 4 is 17.9 Å². The summed E-state index contributed by atoms with van der Waals surface area (Å²) in [6.45, 7) is 8.91. The maximum atomic E-state index is 11.7. The van der Waals surface area contributed by atoms with Gasteiger partial charge in [-0.2, -0.15) is 0 Å². The zero-order chi connectivity index (χ0) is 14.6. The highest BCUT2D eigenvalue weighted by Gasteiger charge is 2.18. The van der Waals surface area contributed by atoms with Crippen molar-refractivity contribution in [1.29, 1.82) is 0 Å². The Hall–Kier alpha value is -2.17. The van der Waals surface area contributed by atoms with Gasteiger partial charge in [0.25, 0.3) is 0 Å². The molecule has 0 aliphatic heterocycles. The van der Waals surface area contributed by atoms with Gasteiger partial charge in [0.15, 0.2) is 11.5 Å². The number of amides is 1. The lowest BCUT2D eigenvalue weighted by Gasteiger charge is -2.20. The predicted octanol–water partition coefficient (Wildman–Crippen LogP) is 3.39. The Balaban J connectivity index is 3.00. The smallest absolute Gasteiger partial charge is 0.412 e. The van der Waals surface area contributed by atoms with E-state index < -0.39 is 11.7 Å². The van der Waals surface area contributed by atoms with Crippen LogP contribution in [0.3, 0.4) is 0 Å². The Labute approximate surface area is 112 Å². The Bertz CT molecular complexity index is 489. The molecule has 1 rings (SSSR count). The minimum atomic E-state index is -0.647. The van der Waals surface area contributed by atoms with E-state index in [9.17, 15) is 9.90 Å². The minimum Gasteiger partial charge on any atom is -0.503 e. The van der Waals surface area contributed by atoms with E-state index in [4.69, 9.17) is 9.47 Å². The van der Waals surface area contributed by atoms with Crippen LogP contribution < -0.4 is 10.1 Å². The number of aromatic hydroxyl groups is 1. The molecule has 2 N–H and O–H groups in total. The zero-order valence-corrected chi connectivity index (χ0v) is 11.6. The van der Waals surface area contributed by atoms with Crippen molar-refractivity contribution in [3.05, 3.63) is 24.3 Å². The maximum Gasteiger partial charge on any atom is 0.412 e. The number of benzene rings is 1. The zero-order valence-electron chi connectivity index (χ0n) is 11.6. The number of phenolic OH excluding ortho intramolecular Hbond substituents is 1. The lowest BCUT2D eigenvalue weighted by Crippen LogP contribution is -2.27. The number of anilines is 1. The number of rotatable bonds is 3. The lowest BCUT2D eigenvalue weighted by molar-refractivity contribution is 0.0635. The van der Waals surface area contributed by atoms with Crippen LogP contribution in [0.1, 0.15) is 26.3 Å². The standard InChI is InChI=1S/C14H19NO4/c1-6-9-7-10(12(16)11(8-9)18-5)15-13(17)19-14(2,3)4/h6-8,16H,1H2,2-5H3,(H,15,17). The normalized spacial score (nSPS) is 10.7. The van der Waals surface area contributed by atoms with Crippen LogP contribution in [0, 0.1) is 0 Å². The van der Waals surface area contributed by atoms with Gasteiger partial charge >= 0.3 is 6.09 Å². The molecule has 1 amide bonds. The molecule has 0 bridgehead atoms. The van der Waals surface area contributed by atoms with E-state index in [2.05, 4.69) is 11.9 Å². The first-order valence-electron chi connectivity index (χ1n) is 5.80. The maximum absolute atomic E-state index is 11.7. The second kappa shape index (κ2) is 5.65. The Kier molecular flexibility index (Phi) is 4.43. The van der Waals surface area contributed by atoms with Crippen LogP contribution in [-0.2, 0) is 4.74 Å². The molecule has 0 unspecified atom stereocenters.